The maximum absolute atomic E-state index is 11.6. The van der Waals surface area contributed by atoms with Crippen LogP contribution in [0.2, 0.25) is 0 Å². The van der Waals surface area contributed by atoms with Crippen LogP contribution in [0, 0.1) is 17.3 Å². The molecule has 0 bridgehead atoms. The predicted molar refractivity (Wildman–Crippen MR) is 65.0 cm³/mol. The molecule has 3 heteroatoms. The first-order chi connectivity index (χ1) is 7.47. The highest BCUT2D eigenvalue weighted by molar-refractivity contribution is 5.76. The van der Waals surface area contributed by atoms with Crippen molar-refractivity contribution in [2.45, 2.75) is 46.5 Å². The summed E-state index contributed by atoms with van der Waals surface area (Å²) < 4.78 is 0. The minimum absolute atomic E-state index is 0.0247. The zero-order valence-electron chi connectivity index (χ0n) is 10.8. The van der Waals surface area contributed by atoms with Crippen LogP contribution >= 0.6 is 0 Å². The number of hydrogen-bond donors (Lipinski definition) is 2. The third-order valence-corrected chi connectivity index (χ3v) is 3.36. The molecule has 0 aliphatic heterocycles. The molecule has 0 aromatic carbocycles. The topological polar surface area (TPSA) is 49.3 Å². The highest BCUT2D eigenvalue weighted by atomic mass is 16.3. The van der Waals surface area contributed by atoms with E-state index < -0.39 is 0 Å². The monoisotopic (exact) mass is 227 g/mol. The molecule has 0 aromatic heterocycles. The number of nitrogens with one attached hydrogen (secondary N) is 1. The Labute approximate surface area is 98.6 Å². The maximum Gasteiger partial charge on any atom is 0.220 e. The quantitative estimate of drug-likeness (QED) is 0.698. The fourth-order valence-electron chi connectivity index (χ4n) is 2.13. The average molecular weight is 227 g/mol. The van der Waals surface area contributed by atoms with E-state index in [9.17, 15) is 4.79 Å². The first-order valence-electron chi connectivity index (χ1n) is 6.35. The molecule has 0 spiro atoms. The SMILES string of the molecule is CC(C)CC(C)CC(=O)NCC1(CO)CC1. The lowest BCUT2D eigenvalue weighted by atomic mass is 9.95. The fourth-order valence-corrected chi connectivity index (χ4v) is 2.13. The van der Waals surface area contributed by atoms with Crippen molar-refractivity contribution >= 4 is 5.91 Å². The van der Waals surface area contributed by atoms with Gasteiger partial charge in [-0.3, -0.25) is 4.79 Å². The van der Waals surface area contributed by atoms with E-state index in [4.69, 9.17) is 5.11 Å². The number of aliphatic hydroxyl groups is 1. The number of carbonyl (C=O) groups excluding carboxylic acids is 1. The van der Waals surface area contributed by atoms with Crippen molar-refractivity contribution in [3.8, 4) is 0 Å². The van der Waals surface area contributed by atoms with Crippen molar-refractivity contribution in [3.63, 3.8) is 0 Å². The summed E-state index contributed by atoms with van der Waals surface area (Å²) in [7, 11) is 0. The van der Waals surface area contributed by atoms with Gasteiger partial charge in [0.15, 0.2) is 0 Å². The summed E-state index contributed by atoms with van der Waals surface area (Å²) in [5, 5.41) is 12.1. The predicted octanol–water partition coefficient (Wildman–Crippen LogP) is 1.95. The van der Waals surface area contributed by atoms with Gasteiger partial charge in [0.1, 0.15) is 0 Å². The van der Waals surface area contributed by atoms with Crippen molar-refractivity contribution in [2.24, 2.45) is 17.3 Å². The number of rotatable bonds is 7. The minimum atomic E-state index is 0.0247. The largest absolute Gasteiger partial charge is 0.396 e. The van der Waals surface area contributed by atoms with Crippen molar-refractivity contribution in [3.05, 3.63) is 0 Å². The van der Waals surface area contributed by atoms with E-state index in [1.807, 2.05) is 0 Å². The van der Waals surface area contributed by atoms with Gasteiger partial charge >= 0.3 is 0 Å². The van der Waals surface area contributed by atoms with Crippen LogP contribution < -0.4 is 5.32 Å². The second-order valence-corrected chi connectivity index (χ2v) is 5.87. The summed E-state index contributed by atoms with van der Waals surface area (Å²) in [6.07, 6.45) is 3.80. The van der Waals surface area contributed by atoms with Gasteiger partial charge in [0.25, 0.3) is 0 Å². The smallest absolute Gasteiger partial charge is 0.220 e. The molecule has 1 atom stereocenters. The molecule has 0 heterocycles. The average Bonchev–Trinajstić information content (AvgIpc) is 2.94. The van der Waals surface area contributed by atoms with E-state index >= 15 is 0 Å². The maximum atomic E-state index is 11.6. The lowest BCUT2D eigenvalue weighted by Crippen LogP contribution is -2.32. The van der Waals surface area contributed by atoms with Gasteiger partial charge in [0, 0.05) is 18.4 Å². The van der Waals surface area contributed by atoms with Crippen molar-refractivity contribution < 1.29 is 9.90 Å². The number of carbonyl (C=O) groups is 1. The summed E-state index contributed by atoms with van der Waals surface area (Å²) >= 11 is 0. The second kappa shape index (κ2) is 5.67. The summed E-state index contributed by atoms with van der Waals surface area (Å²) in [5.74, 6) is 1.23. The van der Waals surface area contributed by atoms with E-state index in [1.54, 1.807) is 0 Å². The minimum Gasteiger partial charge on any atom is -0.396 e. The molecule has 2 N–H and O–H groups in total. The first-order valence-corrected chi connectivity index (χ1v) is 6.35. The summed E-state index contributed by atoms with van der Waals surface area (Å²) in [6, 6.07) is 0. The zero-order valence-corrected chi connectivity index (χ0v) is 10.8. The van der Waals surface area contributed by atoms with Gasteiger partial charge in [0.05, 0.1) is 6.61 Å². The zero-order chi connectivity index (χ0) is 12.2. The number of aliphatic hydroxyl groups excluding tert-OH is 1. The summed E-state index contributed by atoms with van der Waals surface area (Å²) in [6.45, 7) is 7.34. The van der Waals surface area contributed by atoms with Gasteiger partial charge in [0.2, 0.25) is 5.91 Å². The normalized spacial score (nSPS) is 19.6. The Kier molecular flexibility index (Phi) is 4.78. The van der Waals surface area contributed by atoms with Gasteiger partial charge in [-0.1, -0.05) is 20.8 Å². The fraction of sp³-hybridized carbons (Fsp3) is 0.923. The van der Waals surface area contributed by atoms with E-state index in [1.165, 1.54) is 0 Å². The Bertz CT molecular complexity index is 234. The Hall–Kier alpha value is -0.570. The van der Waals surface area contributed by atoms with Gasteiger partial charge in [-0.2, -0.15) is 0 Å². The van der Waals surface area contributed by atoms with Crippen LogP contribution in [0.4, 0.5) is 0 Å². The Morgan fingerprint density at radius 2 is 2.00 bits per heavy atom. The van der Waals surface area contributed by atoms with Crippen LogP contribution in [0.3, 0.4) is 0 Å². The van der Waals surface area contributed by atoms with Gasteiger partial charge in [-0.25, -0.2) is 0 Å². The van der Waals surface area contributed by atoms with E-state index in [0.717, 1.165) is 19.3 Å². The lowest BCUT2D eigenvalue weighted by molar-refractivity contribution is -0.122. The third-order valence-electron chi connectivity index (χ3n) is 3.36. The molecule has 1 unspecified atom stereocenters. The highest BCUT2D eigenvalue weighted by Crippen LogP contribution is 2.44. The van der Waals surface area contributed by atoms with Crippen LogP contribution in [0.15, 0.2) is 0 Å². The Morgan fingerprint density at radius 1 is 1.38 bits per heavy atom. The van der Waals surface area contributed by atoms with Gasteiger partial charge in [-0.15, -0.1) is 0 Å². The molecule has 0 radical (unpaired) electrons. The molecule has 1 amide bonds. The van der Waals surface area contributed by atoms with E-state index in [0.29, 0.717) is 24.8 Å². The van der Waals surface area contributed by atoms with Crippen LogP contribution in [0.5, 0.6) is 0 Å². The molecule has 3 nitrogen and oxygen atoms in total. The summed E-state index contributed by atoms with van der Waals surface area (Å²) in [4.78, 5) is 11.6. The standard InChI is InChI=1S/C13H25NO2/c1-10(2)6-11(3)7-12(16)14-8-13(9-15)4-5-13/h10-11,15H,4-9H2,1-3H3,(H,14,16). The molecule has 1 fully saturated rings. The van der Waals surface area contributed by atoms with Crippen molar-refractivity contribution in [1.29, 1.82) is 0 Å². The van der Waals surface area contributed by atoms with Crippen LogP contribution in [-0.2, 0) is 4.79 Å². The Morgan fingerprint density at radius 3 is 2.44 bits per heavy atom. The highest BCUT2D eigenvalue weighted by Gasteiger charge is 2.42. The van der Waals surface area contributed by atoms with Crippen LogP contribution in [-0.4, -0.2) is 24.2 Å². The van der Waals surface area contributed by atoms with Gasteiger partial charge < -0.3 is 10.4 Å². The van der Waals surface area contributed by atoms with Crippen LogP contribution in [0.25, 0.3) is 0 Å². The molecule has 1 aliphatic carbocycles. The molecular weight excluding hydrogens is 202 g/mol. The number of hydrogen-bond acceptors (Lipinski definition) is 2. The molecule has 0 saturated heterocycles. The molecule has 94 valence electrons. The van der Waals surface area contributed by atoms with Crippen molar-refractivity contribution in [1.82, 2.24) is 5.32 Å². The Balaban J connectivity index is 2.15. The molecular formula is C13H25NO2. The van der Waals surface area contributed by atoms with E-state index in [2.05, 4.69) is 26.1 Å². The lowest BCUT2D eigenvalue weighted by Gasteiger charge is -2.16. The summed E-state index contributed by atoms with van der Waals surface area (Å²) in [5.41, 5.74) is 0.0247. The third kappa shape index (κ3) is 4.52. The van der Waals surface area contributed by atoms with E-state index in [-0.39, 0.29) is 17.9 Å². The van der Waals surface area contributed by atoms with Gasteiger partial charge in [-0.05, 0) is 31.1 Å². The first kappa shape index (κ1) is 13.5. The molecule has 1 rings (SSSR count). The number of amides is 1. The molecule has 16 heavy (non-hydrogen) atoms. The second-order valence-electron chi connectivity index (χ2n) is 5.87. The van der Waals surface area contributed by atoms with Crippen molar-refractivity contribution in [2.75, 3.05) is 13.2 Å². The molecule has 1 aliphatic rings. The van der Waals surface area contributed by atoms with Crippen LogP contribution in [0.1, 0.15) is 46.5 Å². The molecule has 0 aromatic rings. The molecule has 1 saturated carbocycles.